The Balaban J connectivity index is 1.98. The van der Waals surface area contributed by atoms with E-state index in [9.17, 15) is 9.90 Å². The van der Waals surface area contributed by atoms with Crippen molar-refractivity contribution in [3.63, 3.8) is 0 Å². The summed E-state index contributed by atoms with van der Waals surface area (Å²) >= 11 is 3.10. The van der Waals surface area contributed by atoms with Gasteiger partial charge in [-0.3, -0.25) is 4.79 Å². The first kappa shape index (κ1) is 11.9. The summed E-state index contributed by atoms with van der Waals surface area (Å²) in [5.41, 5.74) is 0.968. The number of rotatable bonds is 3. The van der Waals surface area contributed by atoms with E-state index >= 15 is 0 Å². The van der Waals surface area contributed by atoms with Crippen LogP contribution in [-0.4, -0.2) is 35.1 Å². The Morgan fingerprint density at radius 3 is 3.31 bits per heavy atom. The van der Waals surface area contributed by atoms with Gasteiger partial charge in [-0.2, -0.15) is 0 Å². The molecule has 4 nitrogen and oxygen atoms in total. The van der Waals surface area contributed by atoms with E-state index in [1.807, 2.05) is 15.8 Å². The third-order valence-electron chi connectivity index (χ3n) is 2.22. The standard InChI is InChI=1S/C10H13NO3S2/c1-2-14-9(13)6-11-5-8(12)7-3-4-15-10(7)16-11/h3-4,8,12H,2,5-6H2,1H3. The largest absolute Gasteiger partial charge is 0.465 e. The number of ether oxygens (including phenoxy) is 1. The maximum atomic E-state index is 11.3. The summed E-state index contributed by atoms with van der Waals surface area (Å²) in [5.74, 6) is -0.248. The van der Waals surface area contributed by atoms with Crippen molar-refractivity contribution in [2.75, 3.05) is 19.7 Å². The number of aliphatic hydroxyl groups excluding tert-OH is 1. The highest BCUT2D eigenvalue weighted by atomic mass is 32.2. The average Bonchev–Trinajstić information content (AvgIpc) is 2.66. The van der Waals surface area contributed by atoms with E-state index in [4.69, 9.17) is 4.74 Å². The highest BCUT2D eigenvalue weighted by molar-refractivity contribution is 7.99. The summed E-state index contributed by atoms with van der Waals surface area (Å²) in [6, 6.07) is 1.93. The molecule has 0 aliphatic carbocycles. The monoisotopic (exact) mass is 259 g/mol. The van der Waals surface area contributed by atoms with Crippen molar-refractivity contribution >= 4 is 29.3 Å². The van der Waals surface area contributed by atoms with E-state index in [2.05, 4.69) is 0 Å². The van der Waals surface area contributed by atoms with Gasteiger partial charge in [-0.15, -0.1) is 11.3 Å². The van der Waals surface area contributed by atoms with Gasteiger partial charge < -0.3 is 9.84 Å². The fraction of sp³-hybridized carbons (Fsp3) is 0.500. The molecular weight excluding hydrogens is 246 g/mol. The molecule has 6 heteroatoms. The van der Waals surface area contributed by atoms with Crippen LogP contribution in [-0.2, 0) is 9.53 Å². The summed E-state index contributed by atoms with van der Waals surface area (Å²) < 4.78 is 7.77. The molecule has 0 fully saturated rings. The number of β-amino-alcohol motifs (C(OH)–C–C–N with tert-alkyl or cyclic N) is 1. The molecule has 0 amide bonds. The van der Waals surface area contributed by atoms with Crippen molar-refractivity contribution < 1.29 is 14.6 Å². The van der Waals surface area contributed by atoms with Gasteiger partial charge in [-0.1, -0.05) is 0 Å². The summed E-state index contributed by atoms with van der Waals surface area (Å²) in [5, 5.41) is 11.8. The highest BCUT2D eigenvalue weighted by Crippen LogP contribution is 2.40. The number of aliphatic hydroxyl groups is 1. The zero-order valence-corrected chi connectivity index (χ0v) is 10.5. The third-order valence-corrected chi connectivity index (χ3v) is 4.39. The van der Waals surface area contributed by atoms with Crippen LogP contribution in [0.3, 0.4) is 0 Å². The second-order valence-corrected chi connectivity index (χ2v) is 5.68. The lowest BCUT2D eigenvalue weighted by atomic mass is 10.2. The Kier molecular flexibility index (Phi) is 3.86. The number of carbonyl (C=O) groups excluding carboxylic acids is 1. The molecule has 1 unspecified atom stereocenters. The smallest absolute Gasteiger partial charge is 0.321 e. The normalized spacial score (nSPS) is 20.5. The molecule has 0 aromatic carbocycles. The molecule has 0 bridgehead atoms. The van der Waals surface area contributed by atoms with Gasteiger partial charge in [0.05, 0.1) is 16.9 Å². The quantitative estimate of drug-likeness (QED) is 0.661. The van der Waals surface area contributed by atoms with Crippen molar-refractivity contribution in [2.24, 2.45) is 0 Å². The molecule has 1 N–H and O–H groups in total. The predicted octanol–water partition coefficient (Wildman–Crippen LogP) is 1.67. The Hall–Kier alpha value is -0.560. The lowest BCUT2D eigenvalue weighted by molar-refractivity contribution is -0.143. The van der Waals surface area contributed by atoms with Crippen LogP contribution in [0.15, 0.2) is 15.7 Å². The van der Waals surface area contributed by atoms with Crippen molar-refractivity contribution in [3.05, 3.63) is 17.0 Å². The zero-order valence-electron chi connectivity index (χ0n) is 8.88. The molecule has 0 saturated heterocycles. The summed E-state index contributed by atoms with van der Waals surface area (Å²) in [6.07, 6.45) is -0.503. The van der Waals surface area contributed by atoms with Crippen LogP contribution in [0, 0.1) is 0 Å². The topological polar surface area (TPSA) is 49.8 Å². The minimum Gasteiger partial charge on any atom is -0.465 e. The molecule has 1 aromatic rings. The first-order valence-electron chi connectivity index (χ1n) is 5.04. The molecule has 88 valence electrons. The van der Waals surface area contributed by atoms with Gasteiger partial charge >= 0.3 is 5.97 Å². The molecule has 16 heavy (non-hydrogen) atoms. The van der Waals surface area contributed by atoms with Gasteiger partial charge in [0, 0.05) is 12.1 Å². The number of thiophene rings is 1. The maximum Gasteiger partial charge on any atom is 0.321 e. The van der Waals surface area contributed by atoms with E-state index in [1.54, 1.807) is 18.3 Å². The van der Waals surface area contributed by atoms with Crippen LogP contribution in [0.5, 0.6) is 0 Å². The second-order valence-electron chi connectivity index (χ2n) is 3.40. The lowest BCUT2D eigenvalue weighted by Crippen LogP contribution is -2.31. The van der Waals surface area contributed by atoms with Crippen LogP contribution < -0.4 is 0 Å². The summed E-state index contributed by atoms with van der Waals surface area (Å²) in [6.45, 7) is 2.86. The van der Waals surface area contributed by atoms with Gasteiger partial charge in [0.15, 0.2) is 0 Å². The Bertz CT molecular complexity index is 380. The molecule has 0 radical (unpaired) electrons. The third kappa shape index (κ3) is 2.57. The Labute approximate surface area is 102 Å². The van der Waals surface area contributed by atoms with Crippen molar-refractivity contribution in [1.82, 2.24) is 4.31 Å². The van der Waals surface area contributed by atoms with Gasteiger partial charge in [-0.05, 0) is 30.3 Å². The SMILES string of the molecule is CCOC(=O)CN1CC(O)c2ccsc2S1. The summed E-state index contributed by atoms with van der Waals surface area (Å²) in [4.78, 5) is 11.3. The molecule has 2 heterocycles. The van der Waals surface area contributed by atoms with Gasteiger partial charge in [-0.25, -0.2) is 4.31 Å². The molecule has 0 saturated carbocycles. The van der Waals surface area contributed by atoms with E-state index in [0.29, 0.717) is 13.2 Å². The average molecular weight is 259 g/mol. The molecule has 1 aromatic heterocycles. The Morgan fingerprint density at radius 1 is 1.75 bits per heavy atom. The first-order chi connectivity index (χ1) is 7.70. The number of fused-ring (bicyclic) bond motifs is 1. The maximum absolute atomic E-state index is 11.3. The fourth-order valence-corrected chi connectivity index (χ4v) is 3.78. The van der Waals surface area contributed by atoms with Crippen LogP contribution in [0.25, 0.3) is 0 Å². The zero-order chi connectivity index (χ0) is 11.5. The lowest BCUT2D eigenvalue weighted by Gasteiger charge is -2.27. The van der Waals surface area contributed by atoms with Crippen LogP contribution >= 0.6 is 23.3 Å². The molecule has 1 aliphatic rings. The molecule has 1 atom stereocenters. The van der Waals surface area contributed by atoms with Crippen LogP contribution in [0.2, 0.25) is 0 Å². The van der Waals surface area contributed by atoms with E-state index in [1.165, 1.54) is 11.9 Å². The second kappa shape index (κ2) is 5.18. The highest BCUT2D eigenvalue weighted by Gasteiger charge is 2.27. The first-order valence-corrected chi connectivity index (χ1v) is 6.70. The van der Waals surface area contributed by atoms with Crippen molar-refractivity contribution in [3.8, 4) is 0 Å². The molecule has 2 rings (SSSR count). The minimum atomic E-state index is -0.503. The van der Waals surface area contributed by atoms with E-state index in [0.717, 1.165) is 9.77 Å². The predicted molar refractivity (Wildman–Crippen MR) is 63.3 cm³/mol. The molecule has 1 aliphatic heterocycles. The Morgan fingerprint density at radius 2 is 2.56 bits per heavy atom. The summed E-state index contributed by atoms with van der Waals surface area (Å²) in [7, 11) is 0. The van der Waals surface area contributed by atoms with Gasteiger partial charge in [0.25, 0.3) is 0 Å². The number of hydrogen-bond acceptors (Lipinski definition) is 6. The number of nitrogens with zero attached hydrogens (tertiary/aromatic N) is 1. The van der Waals surface area contributed by atoms with Gasteiger partial charge in [0.2, 0.25) is 0 Å². The van der Waals surface area contributed by atoms with Crippen LogP contribution in [0.4, 0.5) is 0 Å². The fourth-order valence-electron chi connectivity index (χ4n) is 1.52. The van der Waals surface area contributed by atoms with Crippen molar-refractivity contribution in [1.29, 1.82) is 0 Å². The van der Waals surface area contributed by atoms with Crippen LogP contribution in [0.1, 0.15) is 18.6 Å². The number of carbonyl (C=O) groups is 1. The molecular formula is C10H13NO3S2. The minimum absolute atomic E-state index is 0.215. The number of hydrogen-bond donors (Lipinski definition) is 1. The van der Waals surface area contributed by atoms with Gasteiger partial charge in [0.1, 0.15) is 6.54 Å². The van der Waals surface area contributed by atoms with E-state index in [-0.39, 0.29) is 12.5 Å². The van der Waals surface area contributed by atoms with E-state index < -0.39 is 6.10 Å². The van der Waals surface area contributed by atoms with Crippen molar-refractivity contribution in [2.45, 2.75) is 17.2 Å². The molecule has 0 spiro atoms. The number of esters is 1.